The van der Waals surface area contributed by atoms with E-state index >= 15 is 0 Å². The van der Waals surface area contributed by atoms with Gasteiger partial charge in [0, 0.05) is 11.1 Å². The van der Waals surface area contributed by atoms with Crippen LogP contribution in [0.2, 0.25) is 0 Å². The summed E-state index contributed by atoms with van der Waals surface area (Å²) in [4.78, 5) is 12.8. The molecule has 130 valence electrons. The van der Waals surface area contributed by atoms with Crippen molar-refractivity contribution >= 4 is 11.7 Å². The van der Waals surface area contributed by atoms with E-state index in [1.165, 1.54) is 0 Å². The Kier molecular flexibility index (Phi) is 3.31. The van der Waals surface area contributed by atoms with E-state index in [0.29, 0.717) is 23.9 Å². The average Bonchev–Trinajstić information content (AvgIpc) is 3.39. The highest BCUT2D eigenvalue weighted by Gasteiger charge is 2.30. The molecule has 0 radical (unpaired) electrons. The molecule has 0 aliphatic carbocycles. The summed E-state index contributed by atoms with van der Waals surface area (Å²) in [7, 11) is 0. The summed E-state index contributed by atoms with van der Waals surface area (Å²) in [5.41, 5.74) is 2.55. The van der Waals surface area contributed by atoms with Crippen LogP contribution in [-0.4, -0.2) is 29.5 Å². The predicted octanol–water partition coefficient (Wildman–Crippen LogP) is 2.92. The van der Waals surface area contributed by atoms with Crippen LogP contribution in [0.5, 0.6) is 17.2 Å². The lowest BCUT2D eigenvalue weighted by molar-refractivity contribution is -0.117. The zero-order chi connectivity index (χ0) is 17.5. The smallest absolute Gasteiger partial charge is 0.236 e. The fourth-order valence-electron chi connectivity index (χ4n) is 3.25. The third kappa shape index (κ3) is 2.36. The molecule has 2 aliphatic rings. The Morgan fingerprint density at radius 3 is 2.92 bits per heavy atom. The number of rotatable bonds is 3. The average molecular weight is 349 g/mol. The van der Waals surface area contributed by atoms with Gasteiger partial charge in [0.2, 0.25) is 12.7 Å². The fourth-order valence-corrected chi connectivity index (χ4v) is 3.25. The Morgan fingerprint density at radius 1 is 1.08 bits per heavy atom. The molecule has 0 bridgehead atoms. The van der Waals surface area contributed by atoms with E-state index in [1.807, 2.05) is 42.5 Å². The second-order valence-corrected chi connectivity index (χ2v) is 6.12. The van der Waals surface area contributed by atoms with Crippen LogP contribution in [0.15, 0.2) is 48.7 Å². The van der Waals surface area contributed by atoms with Crippen LogP contribution in [0.1, 0.15) is 11.5 Å². The highest BCUT2D eigenvalue weighted by molar-refractivity contribution is 5.99. The number of aromatic nitrogens is 2. The van der Waals surface area contributed by atoms with E-state index in [2.05, 4.69) is 15.5 Å². The molecule has 5 rings (SSSR count). The van der Waals surface area contributed by atoms with Crippen molar-refractivity contribution in [3.8, 4) is 28.4 Å². The lowest BCUT2D eigenvalue weighted by Gasteiger charge is -2.10. The maximum absolute atomic E-state index is 12.8. The van der Waals surface area contributed by atoms with Crippen LogP contribution >= 0.6 is 0 Å². The van der Waals surface area contributed by atoms with E-state index in [9.17, 15) is 4.79 Å². The van der Waals surface area contributed by atoms with Crippen LogP contribution in [-0.2, 0) is 4.79 Å². The Labute approximate surface area is 148 Å². The second-order valence-electron chi connectivity index (χ2n) is 6.12. The van der Waals surface area contributed by atoms with E-state index < -0.39 is 0 Å². The number of benzene rings is 2. The lowest BCUT2D eigenvalue weighted by Crippen LogP contribution is -2.22. The standard InChI is InChI=1S/C19H15N3O4/c23-19(14-9-24-15-4-2-1-3-12(14)15)21-18-13(8-20-22-18)11-5-6-16-17(7-11)26-10-25-16/h1-8,14H,9-10H2,(H2,20,21,22,23)/t14-/m0/s1. The largest absolute Gasteiger partial charge is 0.492 e. The molecule has 7 nitrogen and oxygen atoms in total. The third-order valence-electron chi connectivity index (χ3n) is 4.59. The zero-order valence-electron chi connectivity index (χ0n) is 13.7. The number of fused-ring (bicyclic) bond motifs is 2. The SMILES string of the molecule is O=C(Nc1[nH]ncc1-c1ccc2c(c1)OCO2)[C@H]1COc2ccccc21. The molecule has 0 saturated carbocycles. The summed E-state index contributed by atoms with van der Waals surface area (Å²) in [6.07, 6.45) is 1.67. The molecule has 3 heterocycles. The van der Waals surface area contributed by atoms with E-state index in [1.54, 1.807) is 6.20 Å². The zero-order valence-corrected chi connectivity index (χ0v) is 13.7. The van der Waals surface area contributed by atoms with Crippen LogP contribution < -0.4 is 19.5 Å². The molecule has 2 aliphatic heterocycles. The number of H-pyrrole nitrogens is 1. The quantitative estimate of drug-likeness (QED) is 0.759. The minimum atomic E-state index is -0.348. The molecule has 0 unspecified atom stereocenters. The van der Waals surface area contributed by atoms with Gasteiger partial charge >= 0.3 is 0 Å². The summed E-state index contributed by atoms with van der Waals surface area (Å²) in [5.74, 6) is 2.20. The fraction of sp³-hybridized carbons (Fsp3) is 0.158. The van der Waals surface area contributed by atoms with Gasteiger partial charge < -0.3 is 19.5 Å². The Bertz CT molecular complexity index is 998. The van der Waals surface area contributed by atoms with Crippen molar-refractivity contribution in [3.05, 3.63) is 54.2 Å². The monoisotopic (exact) mass is 349 g/mol. The lowest BCUT2D eigenvalue weighted by atomic mass is 10.0. The molecule has 0 spiro atoms. The second kappa shape index (κ2) is 5.80. The normalized spacial score (nSPS) is 16.8. The Hall–Kier alpha value is -3.48. The number of carbonyl (C=O) groups is 1. The van der Waals surface area contributed by atoms with Crippen molar-refractivity contribution in [1.82, 2.24) is 10.2 Å². The van der Waals surface area contributed by atoms with Crippen molar-refractivity contribution < 1.29 is 19.0 Å². The topological polar surface area (TPSA) is 85.5 Å². The van der Waals surface area contributed by atoms with Crippen LogP contribution in [0.3, 0.4) is 0 Å². The number of para-hydroxylation sites is 1. The van der Waals surface area contributed by atoms with Gasteiger partial charge in [0.05, 0.1) is 6.20 Å². The summed E-state index contributed by atoms with van der Waals surface area (Å²) >= 11 is 0. The molecule has 2 N–H and O–H groups in total. The van der Waals surface area contributed by atoms with Crippen LogP contribution in [0, 0.1) is 0 Å². The minimum absolute atomic E-state index is 0.138. The first-order valence-electron chi connectivity index (χ1n) is 8.25. The molecular formula is C19H15N3O4. The van der Waals surface area contributed by atoms with Crippen LogP contribution in [0.4, 0.5) is 5.82 Å². The molecular weight excluding hydrogens is 334 g/mol. The van der Waals surface area contributed by atoms with Gasteiger partial charge in [0.1, 0.15) is 24.1 Å². The highest BCUT2D eigenvalue weighted by Crippen LogP contribution is 2.38. The van der Waals surface area contributed by atoms with Gasteiger partial charge in [-0.1, -0.05) is 24.3 Å². The number of amides is 1. The van der Waals surface area contributed by atoms with Gasteiger partial charge in [0.15, 0.2) is 11.5 Å². The maximum atomic E-state index is 12.8. The third-order valence-corrected chi connectivity index (χ3v) is 4.59. The molecule has 1 atom stereocenters. The van der Waals surface area contributed by atoms with Gasteiger partial charge in [-0.2, -0.15) is 5.10 Å². The summed E-state index contributed by atoms with van der Waals surface area (Å²) in [6, 6.07) is 13.2. The maximum Gasteiger partial charge on any atom is 0.236 e. The summed E-state index contributed by atoms with van der Waals surface area (Å²) in [5, 5.41) is 9.86. The number of nitrogens with zero attached hydrogens (tertiary/aromatic N) is 1. The molecule has 1 aromatic heterocycles. The van der Waals surface area contributed by atoms with Gasteiger partial charge in [-0.05, 0) is 23.8 Å². The molecule has 0 saturated heterocycles. The summed E-state index contributed by atoms with van der Waals surface area (Å²) < 4.78 is 16.4. The molecule has 3 aromatic rings. The molecule has 26 heavy (non-hydrogen) atoms. The summed E-state index contributed by atoms with van der Waals surface area (Å²) in [6.45, 7) is 0.549. The number of nitrogens with one attached hydrogen (secondary N) is 2. The van der Waals surface area contributed by atoms with E-state index in [0.717, 1.165) is 22.4 Å². The van der Waals surface area contributed by atoms with E-state index in [-0.39, 0.29) is 18.6 Å². The molecule has 7 heteroatoms. The Morgan fingerprint density at radius 2 is 1.96 bits per heavy atom. The Balaban J connectivity index is 1.41. The van der Waals surface area contributed by atoms with Crippen molar-refractivity contribution in [2.45, 2.75) is 5.92 Å². The van der Waals surface area contributed by atoms with Gasteiger partial charge in [-0.15, -0.1) is 0 Å². The van der Waals surface area contributed by atoms with Crippen molar-refractivity contribution in [1.29, 1.82) is 0 Å². The van der Waals surface area contributed by atoms with Gasteiger partial charge in [-0.25, -0.2) is 0 Å². The predicted molar refractivity (Wildman–Crippen MR) is 93.5 cm³/mol. The molecule has 1 amide bonds. The highest BCUT2D eigenvalue weighted by atomic mass is 16.7. The number of hydrogen-bond acceptors (Lipinski definition) is 5. The first-order valence-corrected chi connectivity index (χ1v) is 8.25. The minimum Gasteiger partial charge on any atom is -0.492 e. The number of hydrogen-bond donors (Lipinski definition) is 2. The van der Waals surface area contributed by atoms with Crippen molar-refractivity contribution in [3.63, 3.8) is 0 Å². The van der Waals surface area contributed by atoms with Crippen molar-refractivity contribution in [2.75, 3.05) is 18.7 Å². The van der Waals surface area contributed by atoms with E-state index in [4.69, 9.17) is 14.2 Å². The number of anilines is 1. The molecule has 2 aromatic carbocycles. The van der Waals surface area contributed by atoms with Gasteiger partial charge in [0.25, 0.3) is 0 Å². The van der Waals surface area contributed by atoms with Crippen molar-refractivity contribution in [2.24, 2.45) is 0 Å². The first kappa shape index (κ1) is 14.8. The van der Waals surface area contributed by atoms with Gasteiger partial charge in [-0.3, -0.25) is 9.89 Å². The first-order chi connectivity index (χ1) is 12.8. The van der Waals surface area contributed by atoms with Crippen LogP contribution in [0.25, 0.3) is 11.1 Å². The number of carbonyl (C=O) groups excluding carboxylic acids is 1. The molecule has 0 fully saturated rings. The number of aromatic amines is 1. The number of ether oxygens (including phenoxy) is 3.